The van der Waals surface area contributed by atoms with Crippen molar-refractivity contribution >= 4 is 72.4 Å². The summed E-state index contributed by atoms with van der Waals surface area (Å²) in [6.45, 7) is 26.2. The maximum atomic E-state index is 14.2. The molecule has 0 spiro atoms. The lowest BCUT2D eigenvalue weighted by atomic mass is 9.97. The summed E-state index contributed by atoms with van der Waals surface area (Å²) in [4.78, 5) is 54.0. The lowest BCUT2D eigenvalue weighted by molar-refractivity contribution is -0.337. The number of hydrogen-bond acceptors (Lipinski definition) is 16. The average molecular weight is 1180 g/mol. The summed E-state index contributed by atoms with van der Waals surface area (Å²) in [5.41, 5.74) is 1.28. The zero-order chi connectivity index (χ0) is 54.2. The van der Waals surface area contributed by atoms with Gasteiger partial charge in [0, 0.05) is 22.8 Å². The van der Waals surface area contributed by atoms with Gasteiger partial charge in [-0.05, 0) is 116 Å². The minimum absolute atomic E-state index is 0.0734. The number of carbonyl (C=O) groups excluding carboxylic acids is 4. The number of hydrogen-bond donors (Lipinski definition) is 0. The Balaban J connectivity index is 1.63. The van der Waals surface area contributed by atoms with Crippen molar-refractivity contribution in [1.82, 2.24) is 0 Å². The second kappa shape index (κ2) is 25.5. The lowest BCUT2D eigenvalue weighted by Gasteiger charge is -2.51. The van der Waals surface area contributed by atoms with E-state index in [9.17, 15) is 19.2 Å². The van der Waals surface area contributed by atoms with Crippen molar-refractivity contribution in [3.8, 4) is 5.75 Å². The van der Waals surface area contributed by atoms with Crippen LogP contribution in [-0.2, 0) is 67.7 Å². The van der Waals surface area contributed by atoms with Crippen molar-refractivity contribution < 1.29 is 75.4 Å². The van der Waals surface area contributed by atoms with Gasteiger partial charge in [-0.15, -0.1) is 0 Å². The topological polar surface area (TPSA) is 179 Å². The van der Waals surface area contributed by atoms with Crippen LogP contribution in [0, 0.1) is 0 Å². The highest BCUT2D eigenvalue weighted by molar-refractivity contribution is 9.10. The van der Waals surface area contributed by atoms with Crippen LogP contribution in [0.25, 0.3) is 0 Å². The molecule has 0 saturated carbocycles. The summed E-state index contributed by atoms with van der Waals surface area (Å²) < 4.78 is 79.2. The maximum Gasteiger partial charge on any atom is 0.338 e. The van der Waals surface area contributed by atoms with Crippen LogP contribution in [-0.4, -0.2) is 128 Å². The molecule has 1 unspecified atom stereocenters. The van der Waals surface area contributed by atoms with Gasteiger partial charge in [0.05, 0.1) is 37.6 Å². The number of esters is 4. The molecular weight excluding hydrogens is 1110 g/mol. The molecule has 0 aliphatic carbocycles. The Morgan fingerprint density at radius 1 is 0.575 bits per heavy atom. The van der Waals surface area contributed by atoms with Crippen LogP contribution >= 0.6 is 31.9 Å². The van der Waals surface area contributed by atoms with Crippen LogP contribution in [0.3, 0.4) is 0 Å². The average Bonchev–Trinajstić information content (AvgIpc) is 3.29. The molecule has 2 aliphatic rings. The molecule has 2 fully saturated rings. The molecule has 0 radical (unpaired) electrons. The van der Waals surface area contributed by atoms with E-state index in [0.717, 1.165) is 14.5 Å². The van der Waals surface area contributed by atoms with Gasteiger partial charge in [-0.25, -0.2) is 9.59 Å². The summed E-state index contributed by atoms with van der Waals surface area (Å²) in [6, 6.07) is 20.6. The zero-order valence-corrected chi connectivity index (χ0v) is 49.9. The molecule has 5 rings (SSSR count). The molecule has 404 valence electrons. The molecule has 2 saturated heterocycles. The summed E-state index contributed by atoms with van der Waals surface area (Å²) in [5, 5.41) is -0.702. The third-order valence-electron chi connectivity index (χ3n) is 13.5. The minimum Gasteiger partial charge on any atom is -0.497 e. The highest BCUT2D eigenvalue weighted by atomic mass is 79.9. The number of carbonyl (C=O) groups is 4. The molecule has 16 nitrogen and oxygen atoms in total. The van der Waals surface area contributed by atoms with Gasteiger partial charge in [0.25, 0.3) is 0 Å². The van der Waals surface area contributed by atoms with E-state index in [4.69, 9.17) is 56.2 Å². The molecule has 0 bridgehead atoms. The monoisotopic (exact) mass is 1180 g/mol. The highest BCUT2D eigenvalue weighted by Crippen LogP contribution is 2.43. The predicted molar refractivity (Wildman–Crippen MR) is 284 cm³/mol. The molecule has 3 aromatic rings. The first-order valence-corrected chi connectivity index (χ1v) is 31.8. The third-order valence-corrected chi connectivity index (χ3v) is 23.5. The van der Waals surface area contributed by atoms with Crippen molar-refractivity contribution in [1.29, 1.82) is 0 Å². The summed E-state index contributed by atoms with van der Waals surface area (Å²) in [5.74, 6) is -2.01. The Labute approximate surface area is 449 Å². The zero-order valence-electron chi connectivity index (χ0n) is 44.7. The van der Waals surface area contributed by atoms with E-state index < -0.39 is 120 Å². The van der Waals surface area contributed by atoms with Gasteiger partial charge >= 0.3 is 23.9 Å². The summed E-state index contributed by atoms with van der Waals surface area (Å²) >= 11 is 6.83. The van der Waals surface area contributed by atoms with Gasteiger partial charge in [-0.2, -0.15) is 0 Å². The van der Waals surface area contributed by atoms with E-state index in [0.29, 0.717) is 5.75 Å². The van der Waals surface area contributed by atoms with Crippen LogP contribution in [0.4, 0.5) is 0 Å². The van der Waals surface area contributed by atoms with Crippen molar-refractivity contribution in [2.24, 2.45) is 0 Å². The standard InChI is InChI=1S/C53H74Br2O16Si2/c1-31(2)64-51-47(66-33(4)57)44(70-72(12,13)52(5,6)7)42(61-28-34-16-26-39(60-11)27-17-34)40(68-51)30-63-50-46(65-32(3)56)45(71-73(14,15)53(8,9)10)43(69-49(59)36-20-24-38(55)25-21-36)41(67-50)29-62-48(58)35-18-22-37(54)23-19-35/h16-27,31,40-47,50-51H,28-30H2,1-15H3/t40-,41-,42-,43-,44+,45+,46-,47-,50-,51?/m1/s1. The van der Waals surface area contributed by atoms with Crippen LogP contribution < -0.4 is 4.74 Å². The smallest absolute Gasteiger partial charge is 0.338 e. The van der Waals surface area contributed by atoms with Crippen LogP contribution in [0.1, 0.15) is 95.5 Å². The van der Waals surface area contributed by atoms with Gasteiger partial charge in [0.1, 0.15) is 42.9 Å². The normalized spacial score (nSPS) is 24.9. The Bertz CT molecular complexity index is 2300. The van der Waals surface area contributed by atoms with Crippen LogP contribution in [0.5, 0.6) is 5.75 Å². The van der Waals surface area contributed by atoms with Crippen molar-refractivity contribution in [2.75, 3.05) is 20.3 Å². The first kappa shape index (κ1) is 60.3. The lowest BCUT2D eigenvalue weighted by Crippen LogP contribution is -2.67. The van der Waals surface area contributed by atoms with E-state index >= 15 is 0 Å². The van der Waals surface area contributed by atoms with Gasteiger partial charge in [0.2, 0.25) is 0 Å². The minimum atomic E-state index is -2.87. The Morgan fingerprint density at radius 2 is 1.03 bits per heavy atom. The molecule has 2 aliphatic heterocycles. The van der Waals surface area contributed by atoms with Gasteiger partial charge in [0.15, 0.2) is 47.5 Å². The molecule has 73 heavy (non-hydrogen) atoms. The molecular formula is C53H74Br2O16Si2. The predicted octanol–water partition coefficient (Wildman–Crippen LogP) is 10.7. The van der Waals surface area contributed by atoms with Crippen molar-refractivity contribution in [2.45, 2.75) is 180 Å². The number of rotatable bonds is 20. The summed E-state index contributed by atoms with van der Waals surface area (Å²) in [7, 11) is -3.99. The van der Waals surface area contributed by atoms with Crippen molar-refractivity contribution in [3.63, 3.8) is 0 Å². The number of ether oxygens (including phenoxy) is 10. The van der Waals surface area contributed by atoms with Crippen molar-refractivity contribution in [3.05, 3.63) is 98.4 Å². The Hall–Kier alpha value is -3.55. The van der Waals surface area contributed by atoms with Gasteiger partial charge < -0.3 is 56.2 Å². The van der Waals surface area contributed by atoms with Crippen LogP contribution in [0.2, 0.25) is 36.3 Å². The first-order chi connectivity index (χ1) is 34.0. The summed E-state index contributed by atoms with van der Waals surface area (Å²) in [6.07, 6.45) is -12.2. The van der Waals surface area contributed by atoms with E-state index in [1.807, 2.05) is 72.0 Å². The molecule has 20 heteroatoms. The van der Waals surface area contributed by atoms with E-state index in [1.165, 1.54) is 13.8 Å². The van der Waals surface area contributed by atoms with E-state index in [1.54, 1.807) is 55.6 Å². The fourth-order valence-electron chi connectivity index (χ4n) is 7.53. The fraction of sp³-hybridized carbons (Fsp3) is 0.585. The fourth-order valence-corrected chi connectivity index (χ4v) is 10.7. The highest BCUT2D eigenvalue weighted by Gasteiger charge is 2.57. The Kier molecular flexibility index (Phi) is 21.1. The molecule has 0 N–H and O–H groups in total. The van der Waals surface area contributed by atoms with E-state index in [2.05, 4.69) is 65.7 Å². The first-order valence-electron chi connectivity index (χ1n) is 24.4. The van der Waals surface area contributed by atoms with Gasteiger partial charge in [-0.3, -0.25) is 9.59 Å². The van der Waals surface area contributed by atoms with Crippen LogP contribution in [0.15, 0.2) is 81.7 Å². The number of benzene rings is 3. The second-order valence-corrected chi connectivity index (χ2v) is 32.9. The maximum absolute atomic E-state index is 14.2. The quantitative estimate of drug-likeness (QED) is 0.0592. The number of methoxy groups -OCH3 is 1. The molecule has 10 atom stereocenters. The molecule has 2 heterocycles. The molecule has 0 amide bonds. The number of halogens is 2. The third kappa shape index (κ3) is 16.5. The molecule has 0 aromatic heterocycles. The molecule has 3 aromatic carbocycles. The van der Waals surface area contributed by atoms with E-state index in [-0.39, 0.29) is 29.4 Å². The largest absolute Gasteiger partial charge is 0.497 e. The Morgan fingerprint density at radius 3 is 1.49 bits per heavy atom. The SMILES string of the molecule is COc1ccc(CO[C@H]2[C@H](O[Si](C)(C)C(C)(C)C)[C@@H](OC(C)=O)C(OC(C)C)O[C@@H]2CO[C@@H]2O[C@H](COC(=O)c3ccc(Br)cc3)[C@@H](OC(=O)c3ccc(Br)cc3)[C@H](O[Si](C)(C)C(C)(C)C)[C@H]2OC(C)=O)cc1. The van der Waals surface area contributed by atoms with Gasteiger partial charge in [-0.1, -0.05) is 85.5 Å². The second-order valence-electron chi connectivity index (χ2n) is 21.5.